The summed E-state index contributed by atoms with van der Waals surface area (Å²) in [5.74, 6) is 0.156. The zero-order valence-electron chi connectivity index (χ0n) is 13.0. The maximum Gasteiger partial charge on any atom is 0.224 e. The lowest BCUT2D eigenvalue weighted by atomic mass is 10.0. The molecule has 2 atom stereocenters. The Balaban J connectivity index is 0.00000220. The summed E-state index contributed by atoms with van der Waals surface area (Å²) in [7, 11) is 1.88. The topological polar surface area (TPSA) is 41.6 Å². The van der Waals surface area contributed by atoms with E-state index in [4.69, 9.17) is 4.74 Å². The predicted octanol–water partition coefficient (Wildman–Crippen LogP) is 2.31. The molecule has 21 heavy (non-hydrogen) atoms. The quantitative estimate of drug-likeness (QED) is 0.927. The molecule has 4 nitrogen and oxygen atoms in total. The summed E-state index contributed by atoms with van der Waals surface area (Å²) >= 11 is 0. The zero-order valence-corrected chi connectivity index (χ0v) is 13.8. The van der Waals surface area contributed by atoms with Crippen LogP contribution >= 0.6 is 12.4 Å². The molecule has 1 heterocycles. The van der Waals surface area contributed by atoms with Crippen molar-refractivity contribution in [3.8, 4) is 0 Å². The van der Waals surface area contributed by atoms with Crippen molar-refractivity contribution in [1.82, 2.24) is 10.2 Å². The number of hydrogen-bond acceptors (Lipinski definition) is 3. The highest BCUT2D eigenvalue weighted by Crippen LogP contribution is 2.22. The number of ether oxygens (including phenoxy) is 1. The van der Waals surface area contributed by atoms with Gasteiger partial charge in [-0.3, -0.25) is 4.79 Å². The van der Waals surface area contributed by atoms with E-state index in [2.05, 4.69) is 31.3 Å². The Morgan fingerprint density at radius 2 is 2.19 bits per heavy atom. The fourth-order valence-corrected chi connectivity index (χ4v) is 2.59. The summed E-state index contributed by atoms with van der Waals surface area (Å²) in [4.78, 5) is 14.2. The van der Waals surface area contributed by atoms with Gasteiger partial charge in [0.15, 0.2) is 0 Å². The third-order valence-corrected chi connectivity index (χ3v) is 4.03. The number of amides is 1. The van der Waals surface area contributed by atoms with Gasteiger partial charge in [-0.15, -0.1) is 12.4 Å². The second-order valence-corrected chi connectivity index (χ2v) is 5.47. The number of aryl methyl sites for hydroxylation is 1. The molecule has 0 aromatic heterocycles. The molecule has 1 aliphatic heterocycles. The van der Waals surface area contributed by atoms with Crippen LogP contribution in [-0.2, 0) is 9.53 Å². The fraction of sp³-hybridized carbons (Fsp3) is 0.562. The first-order valence-corrected chi connectivity index (χ1v) is 7.22. The summed E-state index contributed by atoms with van der Waals surface area (Å²) in [5.41, 5.74) is 2.43. The van der Waals surface area contributed by atoms with Gasteiger partial charge in [0.05, 0.1) is 19.3 Å². The molecule has 2 rings (SSSR count). The zero-order chi connectivity index (χ0) is 14.5. The average Bonchev–Trinajstić information content (AvgIpc) is 2.47. The third kappa shape index (κ3) is 4.70. The highest BCUT2D eigenvalue weighted by Gasteiger charge is 2.23. The van der Waals surface area contributed by atoms with Crippen LogP contribution in [0, 0.1) is 6.92 Å². The van der Waals surface area contributed by atoms with Gasteiger partial charge in [-0.05, 0) is 25.0 Å². The van der Waals surface area contributed by atoms with Gasteiger partial charge in [0.1, 0.15) is 0 Å². The van der Waals surface area contributed by atoms with Gasteiger partial charge in [0, 0.05) is 26.1 Å². The molecule has 1 aromatic rings. The molecule has 1 aromatic carbocycles. The average molecular weight is 313 g/mol. The van der Waals surface area contributed by atoms with Crippen LogP contribution in [0.5, 0.6) is 0 Å². The second kappa shape index (κ2) is 8.37. The van der Waals surface area contributed by atoms with E-state index < -0.39 is 0 Å². The first kappa shape index (κ1) is 18.0. The third-order valence-electron chi connectivity index (χ3n) is 4.03. The number of hydrogen-bond donors (Lipinski definition) is 1. The Kier molecular flexibility index (Phi) is 7.15. The van der Waals surface area contributed by atoms with E-state index in [1.165, 1.54) is 11.1 Å². The molecule has 1 fully saturated rings. The number of nitrogens with one attached hydrogen (secondary N) is 1. The molecular weight excluding hydrogens is 288 g/mol. The minimum atomic E-state index is 0. The number of morpholine rings is 1. The number of benzene rings is 1. The van der Waals surface area contributed by atoms with E-state index in [1.54, 1.807) is 0 Å². The van der Waals surface area contributed by atoms with E-state index in [1.807, 2.05) is 24.1 Å². The number of nitrogens with zero attached hydrogens (tertiary/aromatic N) is 1. The van der Waals surface area contributed by atoms with Crippen molar-refractivity contribution in [3.63, 3.8) is 0 Å². The highest BCUT2D eigenvalue weighted by molar-refractivity contribution is 5.85. The monoisotopic (exact) mass is 312 g/mol. The molecule has 0 saturated carbocycles. The van der Waals surface area contributed by atoms with E-state index in [0.717, 1.165) is 13.2 Å². The van der Waals surface area contributed by atoms with Crippen LogP contribution in [0.15, 0.2) is 24.3 Å². The van der Waals surface area contributed by atoms with Gasteiger partial charge < -0.3 is 15.0 Å². The van der Waals surface area contributed by atoms with Crippen LogP contribution < -0.4 is 5.32 Å². The maximum absolute atomic E-state index is 12.4. The van der Waals surface area contributed by atoms with Gasteiger partial charge in [-0.2, -0.15) is 0 Å². The Hall–Kier alpha value is -1.10. The van der Waals surface area contributed by atoms with Crippen LogP contribution in [0.2, 0.25) is 0 Å². The molecule has 0 aliphatic carbocycles. The standard InChI is InChI=1S/C16H24N2O2.ClH/c1-12-6-4-5-7-15(12)13(2)18(3)16(19)10-14-11-20-9-8-17-14;/h4-7,13-14,17H,8-11H2,1-3H3;1H. The van der Waals surface area contributed by atoms with Crippen molar-refractivity contribution in [2.24, 2.45) is 0 Å². The lowest BCUT2D eigenvalue weighted by molar-refractivity contribution is -0.133. The molecule has 5 heteroatoms. The Morgan fingerprint density at radius 3 is 2.81 bits per heavy atom. The Bertz CT molecular complexity index is 461. The summed E-state index contributed by atoms with van der Waals surface area (Å²) < 4.78 is 5.39. The fourth-order valence-electron chi connectivity index (χ4n) is 2.59. The molecule has 2 unspecified atom stereocenters. The predicted molar refractivity (Wildman–Crippen MR) is 86.8 cm³/mol. The molecule has 1 aliphatic rings. The number of carbonyl (C=O) groups excluding carboxylic acids is 1. The molecule has 118 valence electrons. The van der Waals surface area contributed by atoms with Crippen molar-refractivity contribution in [1.29, 1.82) is 0 Å². The number of carbonyl (C=O) groups is 1. The van der Waals surface area contributed by atoms with Crippen molar-refractivity contribution in [2.45, 2.75) is 32.4 Å². The van der Waals surface area contributed by atoms with Gasteiger partial charge in [0.25, 0.3) is 0 Å². The van der Waals surface area contributed by atoms with Crippen LogP contribution in [0.4, 0.5) is 0 Å². The molecule has 1 saturated heterocycles. The molecule has 1 amide bonds. The number of halogens is 1. The summed E-state index contributed by atoms with van der Waals surface area (Å²) in [5, 5.41) is 3.32. The first-order valence-electron chi connectivity index (χ1n) is 7.22. The molecule has 0 spiro atoms. The van der Waals surface area contributed by atoms with E-state index >= 15 is 0 Å². The van der Waals surface area contributed by atoms with Crippen LogP contribution in [0.3, 0.4) is 0 Å². The van der Waals surface area contributed by atoms with Gasteiger partial charge in [0.2, 0.25) is 5.91 Å². The first-order chi connectivity index (χ1) is 9.59. The summed E-state index contributed by atoms with van der Waals surface area (Å²) in [6.07, 6.45) is 0.493. The smallest absolute Gasteiger partial charge is 0.224 e. The van der Waals surface area contributed by atoms with E-state index in [9.17, 15) is 4.79 Å². The molecule has 0 radical (unpaired) electrons. The van der Waals surface area contributed by atoms with Crippen molar-refractivity contribution >= 4 is 18.3 Å². The largest absolute Gasteiger partial charge is 0.378 e. The molecule has 0 bridgehead atoms. The SMILES string of the molecule is Cc1ccccc1C(C)N(C)C(=O)CC1COCCN1.Cl. The highest BCUT2D eigenvalue weighted by atomic mass is 35.5. The van der Waals surface area contributed by atoms with Crippen molar-refractivity contribution < 1.29 is 9.53 Å². The van der Waals surface area contributed by atoms with Crippen LogP contribution in [0.25, 0.3) is 0 Å². The number of rotatable bonds is 4. The summed E-state index contributed by atoms with van der Waals surface area (Å²) in [6, 6.07) is 8.45. The van der Waals surface area contributed by atoms with E-state index in [0.29, 0.717) is 13.0 Å². The van der Waals surface area contributed by atoms with Crippen LogP contribution in [0.1, 0.15) is 30.5 Å². The van der Waals surface area contributed by atoms with Gasteiger partial charge in [-0.25, -0.2) is 0 Å². The van der Waals surface area contributed by atoms with Gasteiger partial charge in [-0.1, -0.05) is 24.3 Å². The van der Waals surface area contributed by atoms with Crippen molar-refractivity contribution in [2.75, 3.05) is 26.8 Å². The Labute approximate surface area is 133 Å². The maximum atomic E-state index is 12.4. The van der Waals surface area contributed by atoms with Crippen LogP contribution in [-0.4, -0.2) is 43.7 Å². The van der Waals surface area contributed by atoms with Crippen molar-refractivity contribution in [3.05, 3.63) is 35.4 Å². The minimum absolute atomic E-state index is 0. The lowest BCUT2D eigenvalue weighted by Crippen LogP contribution is -2.44. The Morgan fingerprint density at radius 1 is 1.48 bits per heavy atom. The minimum Gasteiger partial charge on any atom is -0.378 e. The molecular formula is C16H25ClN2O2. The molecule has 1 N–H and O–H groups in total. The summed E-state index contributed by atoms with van der Waals surface area (Å²) in [6.45, 7) is 6.35. The normalized spacial score (nSPS) is 19.5. The van der Waals surface area contributed by atoms with E-state index in [-0.39, 0.29) is 30.4 Å². The van der Waals surface area contributed by atoms with Gasteiger partial charge >= 0.3 is 0 Å². The lowest BCUT2D eigenvalue weighted by Gasteiger charge is -2.30. The second-order valence-electron chi connectivity index (χ2n) is 5.47.